The van der Waals surface area contributed by atoms with Crippen LogP contribution in [-0.4, -0.2) is 20.5 Å². The van der Waals surface area contributed by atoms with Crippen molar-refractivity contribution in [3.63, 3.8) is 0 Å². The van der Waals surface area contributed by atoms with E-state index < -0.39 is 11.6 Å². The molecule has 0 fully saturated rings. The second-order valence-corrected chi connectivity index (χ2v) is 5.28. The number of ketones is 1. The zero-order valence-electron chi connectivity index (χ0n) is 12.2. The Hall–Kier alpha value is -2.86. The molecule has 3 aromatic rings. The highest BCUT2D eigenvalue weighted by molar-refractivity contribution is 6.34. The molecule has 2 aromatic carbocycles. The van der Waals surface area contributed by atoms with Crippen LogP contribution in [-0.2, 0) is 0 Å². The zero-order chi connectivity index (χ0) is 17.1. The summed E-state index contributed by atoms with van der Waals surface area (Å²) in [7, 11) is 0. The normalized spacial score (nSPS) is 11.1. The van der Waals surface area contributed by atoms with Gasteiger partial charge >= 0.3 is 0 Å². The number of aromatic nitrogens is 3. The molecular weight excluding hydrogens is 336 g/mol. The largest absolute Gasteiger partial charge is 0.289 e. The third-order valence-corrected chi connectivity index (χ3v) is 3.58. The third-order valence-electron chi connectivity index (χ3n) is 3.27. The van der Waals surface area contributed by atoms with E-state index in [-0.39, 0.29) is 10.8 Å². The molecule has 0 saturated carbocycles. The molecule has 0 bridgehead atoms. The molecule has 0 unspecified atom stereocenters. The molecule has 0 atom stereocenters. The van der Waals surface area contributed by atoms with Crippen LogP contribution in [0.15, 0.2) is 55.1 Å². The lowest BCUT2D eigenvalue weighted by Gasteiger charge is -2.04. The van der Waals surface area contributed by atoms with E-state index in [0.29, 0.717) is 16.8 Å². The summed E-state index contributed by atoms with van der Waals surface area (Å²) < 4.78 is 27.5. The second kappa shape index (κ2) is 6.72. The van der Waals surface area contributed by atoms with Crippen LogP contribution in [0.1, 0.15) is 15.9 Å². The molecule has 0 radical (unpaired) electrons. The van der Waals surface area contributed by atoms with Crippen molar-refractivity contribution in [3.05, 3.63) is 82.9 Å². The van der Waals surface area contributed by atoms with Gasteiger partial charge in [0.25, 0.3) is 0 Å². The fourth-order valence-electron chi connectivity index (χ4n) is 2.07. The van der Waals surface area contributed by atoms with E-state index in [1.54, 1.807) is 18.2 Å². The van der Waals surface area contributed by atoms with Crippen molar-refractivity contribution in [2.24, 2.45) is 0 Å². The number of hydrogen-bond donors (Lipinski definition) is 0. The van der Waals surface area contributed by atoms with Crippen LogP contribution < -0.4 is 0 Å². The summed E-state index contributed by atoms with van der Waals surface area (Å²) in [5, 5.41) is 4.23. The Morgan fingerprint density at radius 1 is 1.12 bits per heavy atom. The van der Waals surface area contributed by atoms with Crippen molar-refractivity contribution in [3.8, 4) is 5.69 Å². The van der Waals surface area contributed by atoms with Gasteiger partial charge in [-0.25, -0.2) is 18.4 Å². The van der Waals surface area contributed by atoms with Gasteiger partial charge in [-0.2, -0.15) is 5.10 Å². The molecule has 3 rings (SSSR count). The second-order valence-electron chi connectivity index (χ2n) is 4.88. The zero-order valence-corrected chi connectivity index (χ0v) is 12.9. The monoisotopic (exact) mass is 345 g/mol. The van der Waals surface area contributed by atoms with Gasteiger partial charge in [-0.3, -0.25) is 4.79 Å². The molecule has 0 amide bonds. The number of allylic oxidation sites excluding steroid dienone is 1. The van der Waals surface area contributed by atoms with Crippen LogP contribution in [0.5, 0.6) is 0 Å². The number of carbonyl (C=O) groups excluding carboxylic acids is 1. The predicted octanol–water partition coefficient (Wildman–Crippen LogP) is 4.10. The van der Waals surface area contributed by atoms with Crippen LogP contribution in [0.2, 0.25) is 5.02 Å². The van der Waals surface area contributed by atoms with E-state index in [1.165, 1.54) is 35.6 Å². The summed E-state index contributed by atoms with van der Waals surface area (Å²) in [6.07, 6.45) is 5.54. The molecule has 1 heterocycles. The van der Waals surface area contributed by atoms with Crippen LogP contribution in [0, 0.1) is 11.6 Å². The summed E-state index contributed by atoms with van der Waals surface area (Å²) in [4.78, 5) is 16.1. The quantitative estimate of drug-likeness (QED) is 0.528. The minimum Gasteiger partial charge on any atom is -0.289 e. The first kappa shape index (κ1) is 16.0. The maximum absolute atomic E-state index is 13.1. The maximum atomic E-state index is 13.1. The number of hydrogen-bond acceptors (Lipinski definition) is 3. The number of halogens is 3. The lowest BCUT2D eigenvalue weighted by atomic mass is 10.1. The smallest absolute Gasteiger partial charge is 0.187 e. The van der Waals surface area contributed by atoms with Crippen molar-refractivity contribution in [2.75, 3.05) is 0 Å². The van der Waals surface area contributed by atoms with Crippen LogP contribution in [0.25, 0.3) is 11.8 Å². The first-order chi connectivity index (χ1) is 11.5. The topological polar surface area (TPSA) is 47.8 Å². The van der Waals surface area contributed by atoms with E-state index in [4.69, 9.17) is 11.6 Å². The van der Waals surface area contributed by atoms with Crippen LogP contribution >= 0.6 is 11.6 Å². The van der Waals surface area contributed by atoms with Gasteiger partial charge in [0.15, 0.2) is 17.4 Å². The van der Waals surface area contributed by atoms with Crippen LogP contribution in [0.3, 0.4) is 0 Å². The molecule has 0 spiro atoms. The number of carbonyl (C=O) groups is 1. The van der Waals surface area contributed by atoms with E-state index in [1.807, 2.05) is 0 Å². The van der Waals surface area contributed by atoms with Crippen LogP contribution in [0.4, 0.5) is 8.78 Å². The highest BCUT2D eigenvalue weighted by Crippen LogP contribution is 2.21. The lowest BCUT2D eigenvalue weighted by Crippen LogP contribution is -1.99. The Morgan fingerprint density at radius 2 is 1.96 bits per heavy atom. The highest BCUT2D eigenvalue weighted by atomic mass is 35.5. The molecule has 0 aliphatic rings. The fourth-order valence-corrected chi connectivity index (χ4v) is 2.33. The van der Waals surface area contributed by atoms with E-state index in [9.17, 15) is 13.6 Å². The molecule has 1 aromatic heterocycles. The van der Waals surface area contributed by atoms with Gasteiger partial charge < -0.3 is 0 Å². The van der Waals surface area contributed by atoms with Crippen molar-refractivity contribution in [1.29, 1.82) is 0 Å². The average Bonchev–Trinajstić information content (AvgIpc) is 3.10. The van der Waals surface area contributed by atoms with Gasteiger partial charge in [0.1, 0.15) is 12.7 Å². The van der Waals surface area contributed by atoms with Crippen molar-refractivity contribution >= 4 is 23.5 Å². The average molecular weight is 346 g/mol. The number of benzene rings is 2. The molecule has 0 aliphatic heterocycles. The SMILES string of the molecule is O=C(C=Cc1ccc(F)c(F)c1)c1ccc(-n2cncn2)cc1Cl. The summed E-state index contributed by atoms with van der Waals surface area (Å²) in [5.74, 6) is -2.26. The van der Waals surface area contributed by atoms with Crippen molar-refractivity contribution in [2.45, 2.75) is 0 Å². The molecular formula is C17H10ClF2N3O. The summed E-state index contributed by atoms with van der Waals surface area (Å²) >= 11 is 6.14. The third kappa shape index (κ3) is 3.38. The first-order valence-corrected chi connectivity index (χ1v) is 7.24. The van der Waals surface area contributed by atoms with Gasteiger partial charge in [0.05, 0.1) is 10.7 Å². The Balaban J connectivity index is 1.82. The minimum absolute atomic E-state index is 0.253. The van der Waals surface area contributed by atoms with Gasteiger partial charge in [-0.1, -0.05) is 23.7 Å². The fraction of sp³-hybridized carbons (Fsp3) is 0. The number of nitrogens with zero attached hydrogens (tertiary/aromatic N) is 3. The molecule has 4 nitrogen and oxygen atoms in total. The maximum Gasteiger partial charge on any atom is 0.187 e. The predicted molar refractivity (Wildman–Crippen MR) is 86.1 cm³/mol. The molecule has 120 valence electrons. The summed E-state index contributed by atoms with van der Waals surface area (Å²) in [6.45, 7) is 0. The number of rotatable bonds is 4. The van der Waals surface area contributed by atoms with Crippen molar-refractivity contribution < 1.29 is 13.6 Å². The molecule has 0 saturated heterocycles. The highest BCUT2D eigenvalue weighted by Gasteiger charge is 2.09. The van der Waals surface area contributed by atoms with Gasteiger partial charge in [0, 0.05) is 5.56 Å². The van der Waals surface area contributed by atoms with Gasteiger partial charge in [0.2, 0.25) is 0 Å². The molecule has 24 heavy (non-hydrogen) atoms. The van der Waals surface area contributed by atoms with E-state index >= 15 is 0 Å². The molecule has 0 aliphatic carbocycles. The minimum atomic E-state index is -0.972. The van der Waals surface area contributed by atoms with E-state index in [0.717, 1.165) is 12.1 Å². The van der Waals surface area contributed by atoms with E-state index in [2.05, 4.69) is 10.1 Å². The standard InChI is InChI=1S/C17H10ClF2N3O/c18-14-8-12(23-10-21-9-22-23)3-4-13(14)17(24)6-2-11-1-5-15(19)16(20)7-11/h1-10H. The van der Waals surface area contributed by atoms with Crippen molar-refractivity contribution in [1.82, 2.24) is 14.8 Å². The Labute approximate surface area is 141 Å². The Morgan fingerprint density at radius 3 is 2.62 bits per heavy atom. The molecule has 0 N–H and O–H groups in total. The lowest BCUT2D eigenvalue weighted by molar-refractivity contribution is 0.104. The summed E-state index contributed by atoms with van der Waals surface area (Å²) in [5.41, 5.74) is 1.33. The molecule has 7 heteroatoms. The Kier molecular flexibility index (Phi) is 4.48. The summed E-state index contributed by atoms with van der Waals surface area (Å²) in [6, 6.07) is 8.22. The Bertz CT molecular complexity index is 924. The van der Waals surface area contributed by atoms with Gasteiger partial charge in [-0.15, -0.1) is 0 Å². The first-order valence-electron chi connectivity index (χ1n) is 6.86. The van der Waals surface area contributed by atoms with Gasteiger partial charge in [-0.05, 0) is 42.0 Å².